The van der Waals surface area contributed by atoms with Gasteiger partial charge in [0.2, 0.25) is 0 Å². The Hall–Kier alpha value is -2.84. The lowest BCUT2D eigenvalue weighted by Gasteiger charge is -2.13. The first kappa shape index (κ1) is 21.4. The molecule has 2 heterocycles. The SMILES string of the molecule is COc1cc(Br)c(CSc2nnc(-c3cccnc3)n2Cc2ccccc2)cc1OC. The molecule has 0 aliphatic rings. The van der Waals surface area contributed by atoms with Gasteiger partial charge >= 0.3 is 0 Å². The molecule has 6 nitrogen and oxygen atoms in total. The summed E-state index contributed by atoms with van der Waals surface area (Å²) in [6.07, 6.45) is 3.57. The fourth-order valence-corrected chi connectivity index (χ4v) is 4.74. The van der Waals surface area contributed by atoms with Crippen LogP contribution in [0.15, 0.2) is 76.6 Å². The summed E-state index contributed by atoms with van der Waals surface area (Å²) < 4.78 is 13.9. The van der Waals surface area contributed by atoms with Crippen molar-refractivity contribution in [1.29, 1.82) is 0 Å². The van der Waals surface area contributed by atoms with E-state index in [1.54, 1.807) is 32.2 Å². The summed E-state index contributed by atoms with van der Waals surface area (Å²) >= 11 is 5.26. The van der Waals surface area contributed by atoms with Crippen molar-refractivity contribution in [2.24, 2.45) is 0 Å². The third-order valence-corrected chi connectivity index (χ3v) is 6.48. The second-order valence-electron chi connectivity index (χ2n) is 6.71. The molecule has 31 heavy (non-hydrogen) atoms. The van der Waals surface area contributed by atoms with Crippen LogP contribution in [-0.4, -0.2) is 34.0 Å². The van der Waals surface area contributed by atoms with E-state index in [2.05, 4.69) is 47.8 Å². The molecule has 4 rings (SSSR count). The Morgan fingerprint density at radius 1 is 0.968 bits per heavy atom. The van der Waals surface area contributed by atoms with Crippen LogP contribution in [0.5, 0.6) is 11.5 Å². The van der Waals surface area contributed by atoms with Crippen LogP contribution in [-0.2, 0) is 12.3 Å². The van der Waals surface area contributed by atoms with E-state index in [9.17, 15) is 0 Å². The second-order valence-corrected chi connectivity index (χ2v) is 8.50. The summed E-state index contributed by atoms with van der Waals surface area (Å²) in [7, 11) is 3.27. The van der Waals surface area contributed by atoms with Crippen molar-refractivity contribution in [2.75, 3.05) is 14.2 Å². The van der Waals surface area contributed by atoms with Crippen LogP contribution in [0.3, 0.4) is 0 Å². The van der Waals surface area contributed by atoms with E-state index >= 15 is 0 Å². The highest BCUT2D eigenvalue weighted by Gasteiger charge is 2.17. The van der Waals surface area contributed by atoms with Crippen LogP contribution >= 0.6 is 27.7 Å². The number of halogens is 1. The predicted molar refractivity (Wildman–Crippen MR) is 126 cm³/mol. The molecule has 0 bridgehead atoms. The molecule has 0 radical (unpaired) electrons. The van der Waals surface area contributed by atoms with Gasteiger partial charge in [-0.05, 0) is 35.4 Å². The van der Waals surface area contributed by atoms with Gasteiger partial charge in [-0.2, -0.15) is 0 Å². The second kappa shape index (κ2) is 9.98. The van der Waals surface area contributed by atoms with Gasteiger partial charge in [-0.15, -0.1) is 10.2 Å². The van der Waals surface area contributed by atoms with Crippen molar-refractivity contribution in [3.8, 4) is 22.9 Å². The van der Waals surface area contributed by atoms with E-state index in [0.29, 0.717) is 23.8 Å². The molecule has 0 unspecified atom stereocenters. The Balaban J connectivity index is 1.65. The Bertz CT molecular complexity index is 1150. The van der Waals surface area contributed by atoms with Gasteiger partial charge in [0.25, 0.3) is 0 Å². The van der Waals surface area contributed by atoms with Crippen molar-refractivity contribution in [3.05, 3.63) is 82.6 Å². The highest BCUT2D eigenvalue weighted by molar-refractivity contribution is 9.10. The number of pyridine rings is 1. The van der Waals surface area contributed by atoms with Crippen LogP contribution in [0, 0.1) is 0 Å². The van der Waals surface area contributed by atoms with Crippen molar-refractivity contribution in [2.45, 2.75) is 17.5 Å². The number of hydrogen-bond donors (Lipinski definition) is 0. The summed E-state index contributed by atoms with van der Waals surface area (Å²) in [6, 6.07) is 18.1. The Morgan fingerprint density at radius 2 is 1.74 bits per heavy atom. The van der Waals surface area contributed by atoms with E-state index in [-0.39, 0.29) is 0 Å². The molecule has 8 heteroatoms. The third kappa shape index (κ3) is 4.91. The number of hydrogen-bond acceptors (Lipinski definition) is 6. The molecule has 0 atom stereocenters. The minimum Gasteiger partial charge on any atom is -0.493 e. The monoisotopic (exact) mass is 496 g/mol. The molecule has 0 saturated carbocycles. The maximum atomic E-state index is 5.45. The Morgan fingerprint density at radius 3 is 2.45 bits per heavy atom. The minimum absolute atomic E-state index is 0.674. The van der Waals surface area contributed by atoms with Crippen LogP contribution in [0.2, 0.25) is 0 Å². The van der Waals surface area contributed by atoms with Gasteiger partial charge in [-0.25, -0.2) is 0 Å². The first-order valence-electron chi connectivity index (χ1n) is 9.60. The molecule has 158 valence electrons. The van der Waals surface area contributed by atoms with Gasteiger partial charge in [0.15, 0.2) is 22.5 Å². The normalized spacial score (nSPS) is 10.8. The number of nitrogens with zero attached hydrogens (tertiary/aromatic N) is 4. The number of ether oxygens (including phenoxy) is 2. The predicted octanol–water partition coefficient (Wildman–Crippen LogP) is 5.46. The van der Waals surface area contributed by atoms with E-state index in [4.69, 9.17) is 9.47 Å². The minimum atomic E-state index is 0.674. The average molecular weight is 497 g/mol. The molecular weight excluding hydrogens is 476 g/mol. The highest BCUT2D eigenvalue weighted by Crippen LogP contribution is 2.36. The maximum absolute atomic E-state index is 5.45. The van der Waals surface area contributed by atoms with Crippen molar-refractivity contribution < 1.29 is 9.47 Å². The molecule has 0 spiro atoms. The molecule has 0 aliphatic heterocycles. The molecule has 2 aromatic carbocycles. The van der Waals surface area contributed by atoms with E-state index in [1.165, 1.54) is 5.56 Å². The third-order valence-electron chi connectivity index (χ3n) is 4.73. The summed E-state index contributed by atoms with van der Waals surface area (Å²) in [5.41, 5.74) is 3.20. The Labute approximate surface area is 193 Å². The quantitative estimate of drug-likeness (QED) is 0.302. The highest BCUT2D eigenvalue weighted by atomic mass is 79.9. The Kier molecular flexibility index (Phi) is 6.89. The summed E-state index contributed by atoms with van der Waals surface area (Å²) in [4.78, 5) is 4.24. The number of benzene rings is 2. The number of thioether (sulfide) groups is 1. The largest absolute Gasteiger partial charge is 0.493 e. The van der Waals surface area contributed by atoms with Crippen LogP contribution in [0.4, 0.5) is 0 Å². The molecule has 0 fully saturated rings. The molecule has 0 N–H and O–H groups in total. The van der Waals surface area contributed by atoms with Gasteiger partial charge in [0, 0.05) is 28.2 Å². The van der Waals surface area contributed by atoms with E-state index in [1.807, 2.05) is 48.7 Å². The smallest absolute Gasteiger partial charge is 0.192 e. The first-order chi connectivity index (χ1) is 15.2. The molecule has 0 amide bonds. The maximum Gasteiger partial charge on any atom is 0.192 e. The number of aromatic nitrogens is 4. The van der Waals surface area contributed by atoms with Gasteiger partial charge in [0.1, 0.15) is 0 Å². The zero-order chi connectivity index (χ0) is 21.6. The lowest BCUT2D eigenvalue weighted by atomic mass is 10.2. The van der Waals surface area contributed by atoms with Gasteiger partial charge in [0.05, 0.1) is 20.8 Å². The van der Waals surface area contributed by atoms with Crippen LogP contribution < -0.4 is 9.47 Å². The van der Waals surface area contributed by atoms with Crippen LogP contribution in [0.1, 0.15) is 11.1 Å². The summed E-state index contributed by atoms with van der Waals surface area (Å²) in [5, 5.41) is 9.80. The van der Waals surface area contributed by atoms with Gasteiger partial charge in [-0.3, -0.25) is 9.55 Å². The lowest BCUT2D eigenvalue weighted by molar-refractivity contribution is 0.354. The summed E-state index contributed by atoms with van der Waals surface area (Å²) in [5.74, 6) is 2.88. The van der Waals surface area contributed by atoms with Crippen molar-refractivity contribution >= 4 is 27.7 Å². The first-order valence-corrected chi connectivity index (χ1v) is 11.4. The zero-order valence-corrected chi connectivity index (χ0v) is 19.6. The molecule has 0 aliphatic carbocycles. The zero-order valence-electron chi connectivity index (χ0n) is 17.2. The molecule has 2 aromatic heterocycles. The fraction of sp³-hybridized carbons (Fsp3) is 0.174. The number of rotatable bonds is 8. The van der Waals surface area contributed by atoms with Gasteiger partial charge < -0.3 is 9.47 Å². The van der Waals surface area contributed by atoms with Crippen molar-refractivity contribution in [3.63, 3.8) is 0 Å². The average Bonchev–Trinajstić information content (AvgIpc) is 3.21. The lowest BCUT2D eigenvalue weighted by Crippen LogP contribution is -2.04. The molecular formula is C23H21BrN4O2S. The fourth-order valence-electron chi connectivity index (χ4n) is 3.16. The van der Waals surface area contributed by atoms with Crippen molar-refractivity contribution in [1.82, 2.24) is 19.7 Å². The number of methoxy groups -OCH3 is 2. The molecule has 4 aromatic rings. The topological polar surface area (TPSA) is 62.1 Å². The van der Waals surface area contributed by atoms with E-state index in [0.717, 1.165) is 26.6 Å². The standard InChI is InChI=1S/C23H21BrN4O2S/c1-29-20-11-18(19(24)12-21(20)30-2)15-31-23-27-26-22(17-9-6-10-25-13-17)28(23)14-16-7-4-3-5-8-16/h3-13H,14-15H2,1-2H3. The summed E-state index contributed by atoms with van der Waals surface area (Å²) in [6.45, 7) is 0.674. The van der Waals surface area contributed by atoms with E-state index < -0.39 is 0 Å². The van der Waals surface area contributed by atoms with Gasteiger partial charge in [-0.1, -0.05) is 58.0 Å². The van der Waals surface area contributed by atoms with Crippen LogP contribution in [0.25, 0.3) is 11.4 Å². The molecule has 0 saturated heterocycles.